The SMILES string of the molecule is CC#CCNc1cnc2ccccc2n1. The van der Waals surface area contributed by atoms with Crippen molar-refractivity contribution in [3.05, 3.63) is 30.5 Å². The molecule has 0 amide bonds. The second-order valence-corrected chi connectivity index (χ2v) is 3.02. The van der Waals surface area contributed by atoms with Gasteiger partial charge in [-0.25, -0.2) is 4.98 Å². The lowest BCUT2D eigenvalue weighted by atomic mass is 10.3. The first kappa shape index (κ1) is 9.47. The van der Waals surface area contributed by atoms with E-state index in [0.29, 0.717) is 6.54 Å². The molecule has 0 spiro atoms. The van der Waals surface area contributed by atoms with Crippen molar-refractivity contribution in [1.82, 2.24) is 9.97 Å². The molecule has 0 aliphatic carbocycles. The quantitative estimate of drug-likeness (QED) is 0.749. The molecule has 0 saturated heterocycles. The Hall–Kier alpha value is -2.08. The summed E-state index contributed by atoms with van der Waals surface area (Å²) in [6.07, 6.45) is 1.72. The van der Waals surface area contributed by atoms with E-state index in [1.54, 1.807) is 6.20 Å². The number of aromatic nitrogens is 2. The van der Waals surface area contributed by atoms with Gasteiger partial charge in [0.1, 0.15) is 5.82 Å². The van der Waals surface area contributed by atoms with Crippen molar-refractivity contribution < 1.29 is 0 Å². The van der Waals surface area contributed by atoms with Crippen LogP contribution in [-0.2, 0) is 0 Å². The van der Waals surface area contributed by atoms with Gasteiger partial charge in [0, 0.05) is 0 Å². The number of para-hydroxylation sites is 2. The molecule has 2 aromatic rings. The highest BCUT2D eigenvalue weighted by molar-refractivity contribution is 5.75. The lowest BCUT2D eigenvalue weighted by molar-refractivity contribution is 1.23. The van der Waals surface area contributed by atoms with Crippen LogP contribution in [0.15, 0.2) is 30.5 Å². The van der Waals surface area contributed by atoms with Crippen LogP contribution in [0.5, 0.6) is 0 Å². The fourth-order valence-corrected chi connectivity index (χ4v) is 1.27. The molecular weight excluding hydrogens is 186 g/mol. The summed E-state index contributed by atoms with van der Waals surface area (Å²) >= 11 is 0. The highest BCUT2D eigenvalue weighted by Gasteiger charge is 1.96. The van der Waals surface area contributed by atoms with Gasteiger partial charge in [0.25, 0.3) is 0 Å². The number of rotatable bonds is 2. The van der Waals surface area contributed by atoms with Crippen molar-refractivity contribution >= 4 is 16.9 Å². The Morgan fingerprint density at radius 1 is 1.27 bits per heavy atom. The first-order valence-electron chi connectivity index (χ1n) is 4.75. The van der Waals surface area contributed by atoms with Gasteiger partial charge in [-0.3, -0.25) is 4.98 Å². The van der Waals surface area contributed by atoms with E-state index in [1.807, 2.05) is 31.2 Å². The number of fused-ring (bicyclic) bond motifs is 1. The van der Waals surface area contributed by atoms with Crippen molar-refractivity contribution in [2.75, 3.05) is 11.9 Å². The summed E-state index contributed by atoms with van der Waals surface area (Å²) < 4.78 is 0. The van der Waals surface area contributed by atoms with Crippen molar-refractivity contribution in [3.8, 4) is 11.8 Å². The normalized spacial score (nSPS) is 9.40. The van der Waals surface area contributed by atoms with Crippen LogP contribution < -0.4 is 5.32 Å². The molecule has 0 unspecified atom stereocenters. The number of anilines is 1. The molecule has 3 nitrogen and oxygen atoms in total. The Morgan fingerprint density at radius 2 is 2.07 bits per heavy atom. The van der Waals surface area contributed by atoms with E-state index < -0.39 is 0 Å². The molecule has 0 saturated carbocycles. The van der Waals surface area contributed by atoms with Gasteiger partial charge < -0.3 is 5.32 Å². The first-order valence-corrected chi connectivity index (χ1v) is 4.75. The third-order valence-corrected chi connectivity index (χ3v) is 1.98. The molecule has 74 valence electrons. The molecule has 1 N–H and O–H groups in total. The zero-order chi connectivity index (χ0) is 10.5. The number of hydrogen-bond donors (Lipinski definition) is 1. The molecule has 2 rings (SSSR count). The van der Waals surface area contributed by atoms with Gasteiger partial charge in [-0.2, -0.15) is 0 Å². The topological polar surface area (TPSA) is 37.8 Å². The minimum absolute atomic E-state index is 0.601. The molecule has 0 bridgehead atoms. The van der Waals surface area contributed by atoms with E-state index in [9.17, 15) is 0 Å². The number of hydrogen-bond acceptors (Lipinski definition) is 3. The third kappa shape index (κ3) is 2.23. The first-order chi connectivity index (χ1) is 7.40. The van der Waals surface area contributed by atoms with Gasteiger partial charge in [-0.05, 0) is 19.1 Å². The minimum atomic E-state index is 0.601. The maximum absolute atomic E-state index is 4.41. The Morgan fingerprint density at radius 3 is 2.87 bits per heavy atom. The van der Waals surface area contributed by atoms with Crippen LogP contribution in [0.25, 0.3) is 11.0 Å². The second-order valence-electron chi connectivity index (χ2n) is 3.02. The molecule has 0 aliphatic rings. The molecule has 0 radical (unpaired) electrons. The standard InChI is InChI=1S/C12H11N3/c1-2-3-8-13-12-9-14-10-6-4-5-7-11(10)15-12/h4-7,9H,8H2,1H3,(H,13,15). The van der Waals surface area contributed by atoms with E-state index in [1.165, 1.54) is 0 Å². The van der Waals surface area contributed by atoms with Gasteiger partial charge in [-0.1, -0.05) is 18.1 Å². The van der Waals surface area contributed by atoms with E-state index >= 15 is 0 Å². The molecule has 1 aromatic heterocycles. The summed E-state index contributed by atoms with van der Waals surface area (Å²) in [5.41, 5.74) is 1.80. The molecule has 0 atom stereocenters. The van der Waals surface area contributed by atoms with Crippen molar-refractivity contribution in [2.24, 2.45) is 0 Å². The van der Waals surface area contributed by atoms with Crippen molar-refractivity contribution in [3.63, 3.8) is 0 Å². The molecule has 3 heteroatoms. The summed E-state index contributed by atoms with van der Waals surface area (Å²) in [7, 11) is 0. The largest absolute Gasteiger partial charge is 0.358 e. The Kier molecular flexibility index (Phi) is 2.80. The zero-order valence-corrected chi connectivity index (χ0v) is 8.49. The molecule has 1 aromatic carbocycles. The summed E-state index contributed by atoms with van der Waals surface area (Å²) in [6, 6.07) is 7.79. The molecule has 1 heterocycles. The van der Waals surface area contributed by atoms with Crippen LogP contribution in [0, 0.1) is 11.8 Å². The van der Waals surface area contributed by atoms with Crippen LogP contribution in [0.4, 0.5) is 5.82 Å². The summed E-state index contributed by atoms with van der Waals surface area (Å²) in [5.74, 6) is 6.49. The van der Waals surface area contributed by atoms with Gasteiger partial charge >= 0.3 is 0 Å². The Bertz CT molecular complexity index is 523. The van der Waals surface area contributed by atoms with Gasteiger partial charge in [0.2, 0.25) is 0 Å². The van der Waals surface area contributed by atoms with Crippen LogP contribution in [-0.4, -0.2) is 16.5 Å². The van der Waals surface area contributed by atoms with E-state index in [-0.39, 0.29) is 0 Å². The molecular formula is C12H11N3. The Labute approximate surface area is 88.6 Å². The number of nitrogens with one attached hydrogen (secondary N) is 1. The summed E-state index contributed by atoms with van der Waals surface area (Å²) in [6.45, 7) is 2.41. The summed E-state index contributed by atoms with van der Waals surface area (Å²) in [4.78, 5) is 8.69. The highest BCUT2D eigenvalue weighted by atomic mass is 15.0. The van der Waals surface area contributed by atoms with E-state index in [4.69, 9.17) is 0 Å². The fourth-order valence-electron chi connectivity index (χ4n) is 1.27. The summed E-state index contributed by atoms with van der Waals surface area (Å²) in [5, 5.41) is 3.09. The fraction of sp³-hybridized carbons (Fsp3) is 0.167. The highest BCUT2D eigenvalue weighted by Crippen LogP contribution is 2.10. The minimum Gasteiger partial charge on any atom is -0.358 e. The Balaban J connectivity index is 2.25. The average Bonchev–Trinajstić information content (AvgIpc) is 2.29. The third-order valence-electron chi connectivity index (χ3n) is 1.98. The zero-order valence-electron chi connectivity index (χ0n) is 8.49. The average molecular weight is 197 g/mol. The monoisotopic (exact) mass is 197 g/mol. The van der Waals surface area contributed by atoms with E-state index in [2.05, 4.69) is 27.1 Å². The maximum atomic E-state index is 4.41. The maximum Gasteiger partial charge on any atom is 0.146 e. The van der Waals surface area contributed by atoms with Crippen molar-refractivity contribution in [1.29, 1.82) is 0 Å². The number of benzene rings is 1. The van der Waals surface area contributed by atoms with Crippen LogP contribution in [0.2, 0.25) is 0 Å². The second kappa shape index (κ2) is 4.43. The van der Waals surface area contributed by atoms with Crippen LogP contribution in [0.3, 0.4) is 0 Å². The smallest absolute Gasteiger partial charge is 0.146 e. The predicted molar refractivity (Wildman–Crippen MR) is 61.5 cm³/mol. The molecule has 0 fully saturated rings. The van der Waals surface area contributed by atoms with Crippen molar-refractivity contribution in [2.45, 2.75) is 6.92 Å². The lowest BCUT2D eigenvalue weighted by Gasteiger charge is -2.01. The predicted octanol–water partition coefficient (Wildman–Crippen LogP) is 2.06. The van der Waals surface area contributed by atoms with Crippen LogP contribution >= 0.6 is 0 Å². The van der Waals surface area contributed by atoms with Gasteiger partial charge in [0.05, 0.1) is 23.8 Å². The van der Waals surface area contributed by atoms with Gasteiger partial charge in [-0.15, -0.1) is 5.92 Å². The van der Waals surface area contributed by atoms with Crippen LogP contribution in [0.1, 0.15) is 6.92 Å². The van der Waals surface area contributed by atoms with E-state index in [0.717, 1.165) is 16.9 Å². The number of nitrogens with zero attached hydrogens (tertiary/aromatic N) is 2. The lowest BCUT2D eigenvalue weighted by Crippen LogP contribution is -2.01. The van der Waals surface area contributed by atoms with Gasteiger partial charge in [0.15, 0.2) is 0 Å². The molecule has 15 heavy (non-hydrogen) atoms. The molecule has 0 aliphatic heterocycles.